The predicted octanol–water partition coefficient (Wildman–Crippen LogP) is 2.49. The number of para-hydroxylation sites is 1. The van der Waals surface area contributed by atoms with Crippen molar-refractivity contribution in [1.29, 1.82) is 0 Å². The lowest BCUT2D eigenvalue weighted by Gasteiger charge is -2.33. The van der Waals surface area contributed by atoms with Crippen molar-refractivity contribution in [1.82, 2.24) is 15.1 Å². The number of carbonyl (C=O) groups excluding carboxylic acids is 2. The molecule has 0 radical (unpaired) electrons. The average Bonchev–Trinajstić information content (AvgIpc) is 3.18. The van der Waals surface area contributed by atoms with Gasteiger partial charge in [0.2, 0.25) is 11.8 Å². The Hall–Kier alpha value is -2.90. The molecule has 32 heavy (non-hydrogen) atoms. The summed E-state index contributed by atoms with van der Waals surface area (Å²) in [6.45, 7) is 2.17. The van der Waals surface area contributed by atoms with Crippen molar-refractivity contribution in [2.75, 3.05) is 32.6 Å². The van der Waals surface area contributed by atoms with Crippen LogP contribution in [-0.2, 0) is 16.1 Å². The van der Waals surface area contributed by atoms with Crippen LogP contribution in [0.4, 0.5) is 5.69 Å². The Morgan fingerprint density at radius 1 is 1.16 bits per heavy atom. The van der Waals surface area contributed by atoms with E-state index in [9.17, 15) is 9.59 Å². The zero-order valence-corrected chi connectivity index (χ0v) is 18.8. The number of hydrogen-bond donors (Lipinski definition) is 2. The molecule has 2 aromatic rings. The highest BCUT2D eigenvalue weighted by molar-refractivity contribution is 5.90. The van der Waals surface area contributed by atoms with E-state index in [4.69, 9.17) is 4.74 Å². The number of rotatable bonds is 7. The van der Waals surface area contributed by atoms with Crippen LogP contribution in [0.2, 0.25) is 0 Å². The molecule has 2 aliphatic rings. The first-order valence-electron chi connectivity index (χ1n) is 11.3. The SMILES string of the molecule is COc1ccc(CN2CC[C@@H]3[C@H]2C(=O)NC[C@H](CCC(=O)Nc2ccccc2)N3C)cc1. The number of hydrogen-bond acceptors (Lipinski definition) is 5. The molecule has 170 valence electrons. The molecule has 0 saturated carbocycles. The Labute approximate surface area is 189 Å². The number of methoxy groups -OCH3 is 1. The molecule has 2 saturated heterocycles. The van der Waals surface area contributed by atoms with E-state index in [1.807, 2.05) is 42.5 Å². The third-order valence-corrected chi connectivity index (χ3v) is 6.66. The van der Waals surface area contributed by atoms with Crippen molar-refractivity contribution in [3.05, 3.63) is 60.2 Å². The van der Waals surface area contributed by atoms with E-state index in [-0.39, 0.29) is 29.9 Å². The summed E-state index contributed by atoms with van der Waals surface area (Å²) >= 11 is 0. The van der Waals surface area contributed by atoms with Gasteiger partial charge in [-0.05, 0) is 49.7 Å². The second kappa shape index (κ2) is 10.1. The summed E-state index contributed by atoms with van der Waals surface area (Å²) < 4.78 is 5.24. The molecule has 0 aromatic heterocycles. The van der Waals surface area contributed by atoms with E-state index in [1.54, 1.807) is 7.11 Å². The number of fused-ring (bicyclic) bond motifs is 1. The van der Waals surface area contributed by atoms with Gasteiger partial charge >= 0.3 is 0 Å². The number of likely N-dealkylation sites (N-methyl/N-ethyl adjacent to an activating group) is 1. The summed E-state index contributed by atoms with van der Waals surface area (Å²) in [5.41, 5.74) is 1.98. The quantitative estimate of drug-likeness (QED) is 0.698. The number of ether oxygens (including phenoxy) is 1. The fraction of sp³-hybridized carbons (Fsp3) is 0.440. The topological polar surface area (TPSA) is 73.9 Å². The number of benzene rings is 2. The van der Waals surface area contributed by atoms with Gasteiger partial charge in [0.15, 0.2) is 0 Å². The molecule has 7 heteroatoms. The summed E-state index contributed by atoms with van der Waals surface area (Å²) in [7, 11) is 3.75. The molecule has 4 rings (SSSR count). The largest absolute Gasteiger partial charge is 0.497 e. The average molecular weight is 437 g/mol. The lowest BCUT2D eigenvalue weighted by atomic mass is 10.0. The van der Waals surface area contributed by atoms with Gasteiger partial charge in [-0.1, -0.05) is 30.3 Å². The van der Waals surface area contributed by atoms with Crippen LogP contribution in [0.5, 0.6) is 5.75 Å². The van der Waals surface area contributed by atoms with Crippen LogP contribution in [0, 0.1) is 0 Å². The van der Waals surface area contributed by atoms with E-state index in [1.165, 1.54) is 5.56 Å². The maximum absolute atomic E-state index is 13.0. The van der Waals surface area contributed by atoms with Gasteiger partial charge in [0.25, 0.3) is 0 Å². The van der Waals surface area contributed by atoms with Crippen LogP contribution in [-0.4, -0.2) is 67.0 Å². The Kier molecular flexibility index (Phi) is 7.07. The highest BCUT2D eigenvalue weighted by Gasteiger charge is 2.44. The van der Waals surface area contributed by atoms with Gasteiger partial charge in [0.1, 0.15) is 11.8 Å². The Morgan fingerprint density at radius 2 is 1.91 bits per heavy atom. The summed E-state index contributed by atoms with van der Waals surface area (Å²) in [5.74, 6) is 0.924. The van der Waals surface area contributed by atoms with Crippen molar-refractivity contribution in [3.63, 3.8) is 0 Å². The van der Waals surface area contributed by atoms with Gasteiger partial charge in [-0.3, -0.25) is 19.4 Å². The summed E-state index contributed by atoms with van der Waals surface area (Å²) in [4.78, 5) is 30.0. The Balaban J connectivity index is 1.36. The zero-order chi connectivity index (χ0) is 22.5. The Bertz CT molecular complexity index is 919. The minimum absolute atomic E-state index is 0.00396. The molecule has 2 heterocycles. The first kappa shape index (κ1) is 22.3. The number of amides is 2. The fourth-order valence-corrected chi connectivity index (χ4v) is 4.83. The van der Waals surface area contributed by atoms with Crippen LogP contribution in [0.15, 0.2) is 54.6 Å². The zero-order valence-electron chi connectivity index (χ0n) is 18.8. The molecule has 0 bridgehead atoms. The van der Waals surface area contributed by atoms with Gasteiger partial charge in [0, 0.05) is 43.8 Å². The molecule has 2 aromatic carbocycles. The van der Waals surface area contributed by atoms with Crippen LogP contribution in [0.3, 0.4) is 0 Å². The Morgan fingerprint density at radius 3 is 2.62 bits per heavy atom. The van der Waals surface area contributed by atoms with Crippen molar-refractivity contribution < 1.29 is 14.3 Å². The lowest BCUT2D eigenvalue weighted by Crippen LogP contribution is -2.49. The second-order valence-corrected chi connectivity index (χ2v) is 8.64. The molecule has 2 amide bonds. The molecule has 0 aliphatic carbocycles. The third-order valence-electron chi connectivity index (χ3n) is 6.66. The molecule has 3 atom stereocenters. The predicted molar refractivity (Wildman–Crippen MR) is 124 cm³/mol. The molecule has 2 N–H and O–H groups in total. The molecule has 2 aliphatic heterocycles. The van der Waals surface area contributed by atoms with Gasteiger partial charge < -0.3 is 15.4 Å². The highest BCUT2D eigenvalue weighted by Crippen LogP contribution is 2.29. The number of nitrogens with one attached hydrogen (secondary N) is 2. The minimum Gasteiger partial charge on any atom is -0.497 e. The summed E-state index contributed by atoms with van der Waals surface area (Å²) in [6.07, 6.45) is 2.07. The van der Waals surface area contributed by atoms with Crippen molar-refractivity contribution in [3.8, 4) is 5.75 Å². The van der Waals surface area contributed by atoms with Crippen molar-refractivity contribution in [2.45, 2.75) is 43.9 Å². The molecular weight excluding hydrogens is 404 g/mol. The van der Waals surface area contributed by atoms with E-state index in [0.29, 0.717) is 19.4 Å². The van der Waals surface area contributed by atoms with Crippen molar-refractivity contribution in [2.24, 2.45) is 0 Å². The monoisotopic (exact) mass is 436 g/mol. The molecule has 7 nitrogen and oxygen atoms in total. The summed E-state index contributed by atoms with van der Waals surface area (Å²) in [5, 5.41) is 6.08. The fourth-order valence-electron chi connectivity index (χ4n) is 4.83. The van der Waals surface area contributed by atoms with Gasteiger partial charge in [-0.25, -0.2) is 0 Å². The standard InChI is InChI=1S/C25H32N4O3/c1-28-20(10-13-23(30)27-19-6-4-3-5-7-19)16-26-25(31)24-22(28)14-15-29(24)17-18-8-11-21(32-2)12-9-18/h3-9,11-12,20,22,24H,10,13-17H2,1-2H3,(H,26,31)(H,27,30)/t20-,22+,24-/m0/s1. The minimum atomic E-state index is -0.176. The van der Waals surface area contributed by atoms with E-state index in [0.717, 1.165) is 30.9 Å². The van der Waals surface area contributed by atoms with Crippen LogP contribution in [0.25, 0.3) is 0 Å². The van der Waals surface area contributed by atoms with Crippen LogP contribution in [0.1, 0.15) is 24.8 Å². The maximum atomic E-state index is 13.0. The van der Waals surface area contributed by atoms with Crippen LogP contribution < -0.4 is 15.4 Å². The van der Waals surface area contributed by atoms with Gasteiger partial charge in [0.05, 0.1) is 7.11 Å². The third kappa shape index (κ3) is 5.11. The van der Waals surface area contributed by atoms with Gasteiger partial charge in [-0.2, -0.15) is 0 Å². The number of nitrogens with zero attached hydrogens (tertiary/aromatic N) is 2. The first-order chi connectivity index (χ1) is 15.5. The van der Waals surface area contributed by atoms with E-state index >= 15 is 0 Å². The summed E-state index contributed by atoms with van der Waals surface area (Å²) in [6, 6.07) is 17.6. The highest BCUT2D eigenvalue weighted by atomic mass is 16.5. The molecular formula is C25H32N4O3. The molecule has 2 fully saturated rings. The number of carbonyl (C=O) groups is 2. The number of anilines is 1. The maximum Gasteiger partial charge on any atom is 0.239 e. The van der Waals surface area contributed by atoms with Crippen LogP contribution >= 0.6 is 0 Å². The van der Waals surface area contributed by atoms with E-state index in [2.05, 4.69) is 39.6 Å². The number of likely N-dealkylation sites (tertiary alicyclic amines) is 1. The normalized spacial score (nSPS) is 23.8. The smallest absolute Gasteiger partial charge is 0.239 e. The van der Waals surface area contributed by atoms with Gasteiger partial charge in [-0.15, -0.1) is 0 Å². The lowest BCUT2D eigenvalue weighted by molar-refractivity contribution is -0.126. The first-order valence-corrected chi connectivity index (χ1v) is 11.3. The second-order valence-electron chi connectivity index (χ2n) is 8.64. The van der Waals surface area contributed by atoms with E-state index < -0.39 is 0 Å². The molecule has 0 unspecified atom stereocenters. The van der Waals surface area contributed by atoms with Crippen molar-refractivity contribution >= 4 is 17.5 Å². The molecule has 0 spiro atoms.